The minimum atomic E-state index is -3.46. The van der Waals surface area contributed by atoms with Gasteiger partial charge >= 0.3 is 0 Å². The van der Waals surface area contributed by atoms with Gasteiger partial charge in [0.05, 0.1) is 19.5 Å². The predicted octanol–water partition coefficient (Wildman–Crippen LogP) is 0.201. The van der Waals surface area contributed by atoms with Crippen molar-refractivity contribution in [2.24, 2.45) is 7.05 Å². The fraction of sp³-hybridized carbons (Fsp3) is 0.769. The summed E-state index contributed by atoms with van der Waals surface area (Å²) < 4.78 is 33.3. The molecule has 0 aliphatic carbocycles. The third kappa shape index (κ3) is 5.39. The second kappa shape index (κ2) is 7.88. The number of hydrogen-bond acceptors (Lipinski definition) is 5. The van der Waals surface area contributed by atoms with E-state index < -0.39 is 10.0 Å². The van der Waals surface area contributed by atoms with Crippen LogP contribution in [0.5, 0.6) is 0 Å². The lowest BCUT2D eigenvalue weighted by Gasteiger charge is -2.26. The number of sulfonamides is 1. The van der Waals surface area contributed by atoms with Gasteiger partial charge in [-0.15, -0.1) is 0 Å². The van der Waals surface area contributed by atoms with Gasteiger partial charge in [0.2, 0.25) is 0 Å². The zero-order valence-corrected chi connectivity index (χ0v) is 13.3. The van der Waals surface area contributed by atoms with Crippen LogP contribution >= 0.6 is 0 Å². The molecular formula is C13H24N4O3S. The summed E-state index contributed by atoms with van der Waals surface area (Å²) in [6.45, 7) is 5.19. The molecule has 21 heavy (non-hydrogen) atoms. The van der Waals surface area contributed by atoms with Crippen molar-refractivity contribution in [3.63, 3.8) is 0 Å². The van der Waals surface area contributed by atoms with Crippen molar-refractivity contribution in [3.05, 3.63) is 12.5 Å². The molecule has 1 aliphatic rings. The smallest absolute Gasteiger partial charge is 0.259 e. The van der Waals surface area contributed by atoms with Crippen LogP contribution in [0.2, 0.25) is 0 Å². The summed E-state index contributed by atoms with van der Waals surface area (Å²) in [6, 6.07) is 0. The van der Waals surface area contributed by atoms with Crippen molar-refractivity contribution < 1.29 is 13.2 Å². The van der Waals surface area contributed by atoms with Crippen LogP contribution in [0.4, 0.5) is 0 Å². The zero-order valence-electron chi connectivity index (χ0n) is 12.5. The van der Waals surface area contributed by atoms with Crippen LogP contribution in [0.25, 0.3) is 0 Å². The minimum Gasteiger partial charge on any atom is -0.379 e. The second-order valence-electron chi connectivity index (χ2n) is 5.29. The SMILES string of the molecule is Cn1cnc(S(=O)(=O)NCCCCCN2CCOCC2)c1. The number of hydrogen-bond donors (Lipinski definition) is 1. The molecule has 1 N–H and O–H groups in total. The number of unbranched alkanes of at least 4 members (excludes halogenated alkanes) is 2. The summed E-state index contributed by atoms with van der Waals surface area (Å²) in [6.07, 6.45) is 5.93. The molecule has 0 bridgehead atoms. The number of nitrogens with one attached hydrogen (secondary N) is 1. The molecule has 2 heterocycles. The molecular weight excluding hydrogens is 292 g/mol. The predicted molar refractivity (Wildman–Crippen MR) is 79.5 cm³/mol. The molecule has 0 radical (unpaired) electrons. The average molecular weight is 316 g/mol. The molecule has 120 valence electrons. The quantitative estimate of drug-likeness (QED) is 0.693. The Hall–Kier alpha value is -0.960. The zero-order chi connectivity index (χ0) is 15.1. The van der Waals surface area contributed by atoms with E-state index in [0.29, 0.717) is 6.54 Å². The molecule has 0 atom stereocenters. The Bertz CT molecular complexity index is 523. The molecule has 0 spiro atoms. The van der Waals surface area contributed by atoms with Crippen LogP contribution in [0.15, 0.2) is 17.6 Å². The Kier molecular flexibility index (Phi) is 6.16. The molecule has 1 aliphatic heterocycles. The number of imidazole rings is 1. The number of nitrogens with zero attached hydrogens (tertiary/aromatic N) is 3. The van der Waals surface area contributed by atoms with E-state index in [1.54, 1.807) is 11.6 Å². The third-order valence-electron chi connectivity index (χ3n) is 3.50. The fourth-order valence-corrected chi connectivity index (χ4v) is 3.32. The van der Waals surface area contributed by atoms with Crippen LogP contribution in [-0.4, -0.2) is 62.3 Å². The molecule has 0 aromatic carbocycles. The number of morpholine rings is 1. The summed E-state index contributed by atoms with van der Waals surface area (Å²) in [4.78, 5) is 6.25. The lowest BCUT2D eigenvalue weighted by atomic mass is 10.2. The maximum absolute atomic E-state index is 11.9. The van der Waals surface area contributed by atoms with Crippen LogP contribution in [-0.2, 0) is 21.8 Å². The van der Waals surface area contributed by atoms with Gasteiger partial charge in [-0.3, -0.25) is 4.90 Å². The maximum atomic E-state index is 11.9. The summed E-state index contributed by atoms with van der Waals surface area (Å²) in [5.41, 5.74) is 0. The van der Waals surface area contributed by atoms with E-state index in [1.807, 2.05) is 0 Å². The van der Waals surface area contributed by atoms with E-state index in [-0.39, 0.29) is 5.03 Å². The molecule has 8 heteroatoms. The summed E-state index contributed by atoms with van der Waals surface area (Å²) in [5.74, 6) is 0. The fourth-order valence-electron chi connectivity index (χ4n) is 2.27. The number of rotatable bonds is 8. The molecule has 2 rings (SSSR count). The van der Waals surface area contributed by atoms with Crippen molar-refractivity contribution in [1.29, 1.82) is 0 Å². The maximum Gasteiger partial charge on any atom is 0.259 e. The lowest BCUT2D eigenvalue weighted by molar-refractivity contribution is 0.0371. The van der Waals surface area contributed by atoms with Gasteiger partial charge in [-0.2, -0.15) is 0 Å². The molecule has 1 fully saturated rings. The Balaban J connectivity index is 1.59. The van der Waals surface area contributed by atoms with Crippen LogP contribution in [0, 0.1) is 0 Å². The monoisotopic (exact) mass is 316 g/mol. The first-order valence-corrected chi connectivity index (χ1v) is 8.84. The van der Waals surface area contributed by atoms with Gasteiger partial charge < -0.3 is 9.30 Å². The Morgan fingerprint density at radius 2 is 2.05 bits per heavy atom. The average Bonchev–Trinajstić information content (AvgIpc) is 2.91. The van der Waals surface area contributed by atoms with E-state index in [9.17, 15) is 8.42 Å². The molecule has 1 aromatic rings. The van der Waals surface area contributed by atoms with E-state index >= 15 is 0 Å². The summed E-state index contributed by atoms with van der Waals surface area (Å²) >= 11 is 0. The first-order chi connectivity index (χ1) is 10.1. The van der Waals surface area contributed by atoms with Gasteiger partial charge in [-0.1, -0.05) is 6.42 Å². The summed E-state index contributed by atoms with van der Waals surface area (Å²) in [7, 11) is -1.71. The number of aromatic nitrogens is 2. The van der Waals surface area contributed by atoms with Crippen LogP contribution < -0.4 is 4.72 Å². The van der Waals surface area contributed by atoms with Gasteiger partial charge in [0, 0.05) is 32.9 Å². The Morgan fingerprint density at radius 1 is 1.29 bits per heavy atom. The largest absolute Gasteiger partial charge is 0.379 e. The molecule has 0 unspecified atom stereocenters. The van der Waals surface area contributed by atoms with Crippen molar-refractivity contribution in [3.8, 4) is 0 Å². The number of aryl methyl sites for hydroxylation is 1. The molecule has 1 saturated heterocycles. The molecule has 0 amide bonds. The van der Waals surface area contributed by atoms with Crippen molar-refractivity contribution in [2.75, 3.05) is 39.4 Å². The standard InChI is InChI=1S/C13H24N4O3S/c1-16-11-13(14-12-16)21(18,19)15-5-3-2-4-6-17-7-9-20-10-8-17/h11-12,15H,2-10H2,1H3. The highest BCUT2D eigenvalue weighted by Gasteiger charge is 2.15. The normalized spacial score (nSPS) is 17.2. The highest BCUT2D eigenvalue weighted by Crippen LogP contribution is 2.05. The van der Waals surface area contributed by atoms with E-state index in [2.05, 4.69) is 14.6 Å². The van der Waals surface area contributed by atoms with Crippen molar-refractivity contribution in [2.45, 2.75) is 24.3 Å². The van der Waals surface area contributed by atoms with Gasteiger partial charge in [0.1, 0.15) is 0 Å². The Labute approximate surface area is 126 Å². The van der Waals surface area contributed by atoms with E-state index in [1.165, 1.54) is 12.5 Å². The van der Waals surface area contributed by atoms with Gasteiger partial charge in [-0.25, -0.2) is 18.1 Å². The van der Waals surface area contributed by atoms with E-state index in [4.69, 9.17) is 4.74 Å². The molecule has 0 saturated carbocycles. The second-order valence-corrected chi connectivity index (χ2v) is 7.00. The van der Waals surface area contributed by atoms with Crippen LogP contribution in [0.3, 0.4) is 0 Å². The van der Waals surface area contributed by atoms with Gasteiger partial charge in [-0.05, 0) is 19.4 Å². The lowest BCUT2D eigenvalue weighted by Crippen LogP contribution is -2.36. The minimum absolute atomic E-state index is 0.0818. The highest BCUT2D eigenvalue weighted by atomic mass is 32.2. The third-order valence-corrected chi connectivity index (χ3v) is 4.85. The van der Waals surface area contributed by atoms with Gasteiger partial charge in [0.25, 0.3) is 10.0 Å². The van der Waals surface area contributed by atoms with Crippen LogP contribution in [0.1, 0.15) is 19.3 Å². The van der Waals surface area contributed by atoms with Crippen molar-refractivity contribution >= 4 is 10.0 Å². The van der Waals surface area contributed by atoms with Crippen molar-refractivity contribution in [1.82, 2.24) is 19.2 Å². The topological polar surface area (TPSA) is 76.5 Å². The molecule has 1 aromatic heterocycles. The summed E-state index contributed by atoms with van der Waals surface area (Å²) in [5, 5.41) is 0.0818. The highest BCUT2D eigenvalue weighted by molar-refractivity contribution is 7.89. The Morgan fingerprint density at radius 3 is 2.71 bits per heavy atom. The first kappa shape index (κ1) is 16.4. The molecule has 7 nitrogen and oxygen atoms in total. The first-order valence-electron chi connectivity index (χ1n) is 7.36. The van der Waals surface area contributed by atoms with E-state index in [0.717, 1.165) is 52.1 Å². The number of ether oxygens (including phenoxy) is 1. The van der Waals surface area contributed by atoms with Gasteiger partial charge in [0.15, 0.2) is 5.03 Å².